The van der Waals surface area contributed by atoms with Crippen LogP contribution in [0.25, 0.3) is 16.7 Å². The average molecular weight is 301 g/mol. The molecule has 1 atom stereocenters. The Morgan fingerprint density at radius 2 is 1.86 bits per heavy atom. The molecule has 0 saturated carbocycles. The molecule has 3 nitrogen and oxygen atoms in total. The van der Waals surface area contributed by atoms with Crippen molar-refractivity contribution in [3.8, 4) is 5.69 Å². The second kappa shape index (κ2) is 5.17. The van der Waals surface area contributed by atoms with E-state index in [4.69, 9.17) is 11.6 Å². The summed E-state index contributed by atoms with van der Waals surface area (Å²) in [4.78, 5) is 4.45. The SMILES string of the molecule is Cc1cc2ncn(-c3ccc(C(C)O)cc3Cl)c2cc1C. The van der Waals surface area contributed by atoms with Gasteiger partial charge in [-0.05, 0) is 61.7 Å². The van der Waals surface area contributed by atoms with Gasteiger partial charge in [0.1, 0.15) is 6.33 Å². The van der Waals surface area contributed by atoms with Crippen molar-refractivity contribution in [1.82, 2.24) is 9.55 Å². The van der Waals surface area contributed by atoms with E-state index < -0.39 is 6.10 Å². The van der Waals surface area contributed by atoms with Crippen LogP contribution in [-0.4, -0.2) is 14.7 Å². The van der Waals surface area contributed by atoms with Crippen LogP contribution >= 0.6 is 11.6 Å². The van der Waals surface area contributed by atoms with Crippen LogP contribution in [0.15, 0.2) is 36.7 Å². The summed E-state index contributed by atoms with van der Waals surface area (Å²) in [5.74, 6) is 0. The summed E-state index contributed by atoms with van der Waals surface area (Å²) in [6.07, 6.45) is 1.26. The molecule has 1 unspecified atom stereocenters. The molecule has 0 aliphatic rings. The normalized spacial score (nSPS) is 12.8. The standard InChI is InChI=1S/C17H17ClN2O/c1-10-6-15-17(7-11(10)2)20(9-19-15)16-5-4-13(12(3)21)8-14(16)18/h4-9,12,21H,1-3H3. The zero-order chi connectivity index (χ0) is 15.1. The van der Waals surface area contributed by atoms with Crippen LogP contribution < -0.4 is 0 Å². The van der Waals surface area contributed by atoms with Crippen LogP contribution in [0.2, 0.25) is 5.02 Å². The molecule has 1 N–H and O–H groups in total. The quantitative estimate of drug-likeness (QED) is 0.764. The molecule has 2 aromatic carbocycles. The predicted octanol–water partition coefficient (Wildman–Crippen LogP) is 4.35. The summed E-state index contributed by atoms with van der Waals surface area (Å²) < 4.78 is 1.98. The summed E-state index contributed by atoms with van der Waals surface area (Å²) in [5, 5.41) is 10.2. The predicted molar refractivity (Wildman–Crippen MR) is 86.2 cm³/mol. The van der Waals surface area contributed by atoms with Gasteiger partial charge in [-0.1, -0.05) is 17.7 Å². The number of aliphatic hydroxyl groups is 1. The van der Waals surface area contributed by atoms with Gasteiger partial charge in [0.15, 0.2) is 0 Å². The number of benzene rings is 2. The molecule has 0 spiro atoms. The fourth-order valence-corrected chi connectivity index (χ4v) is 2.71. The lowest BCUT2D eigenvalue weighted by atomic mass is 10.1. The van der Waals surface area contributed by atoms with E-state index in [-0.39, 0.29) is 0 Å². The Morgan fingerprint density at radius 1 is 1.14 bits per heavy atom. The number of rotatable bonds is 2. The molecule has 3 aromatic rings. The number of aliphatic hydroxyl groups excluding tert-OH is 1. The summed E-state index contributed by atoms with van der Waals surface area (Å²) in [5.41, 5.74) is 6.11. The van der Waals surface area contributed by atoms with Gasteiger partial charge in [0, 0.05) is 0 Å². The Kier molecular flexibility index (Phi) is 3.47. The van der Waals surface area contributed by atoms with E-state index in [0.29, 0.717) is 5.02 Å². The highest BCUT2D eigenvalue weighted by atomic mass is 35.5. The van der Waals surface area contributed by atoms with Crippen molar-refractivity contribution in [1.29, 1.82) is 0 Å². The molecule has 1 heterocycles. The summed E-state index contributed by atoms with van der Waals surface area (Å²) in [6.45, 7) is 5.90. The van der Waals surface area contributed by atoms with Gasteiger partial charge in [-0.15, -0.1) is 0 Å². The number of aromatic nitrogens is 2. The Bertz CT molecular complexity index is 821. The van der Waals surface area contributed by atoms with Gasteiger partial charge < -0.3 is 5.11 Å². The molecule has 21 heavy (non-hydrogen) atoms. The first-order chi connectivity index (χ1) is 9.97. The molecule has 0 amide bonds. The van der Waals surface area contributed by atoms with Crippen LogP contribution in [0.4, 0.5) is 0 Å². The lowest BCUT2D eigenvalue weighted by Crippen LogP contribution is -1.97. The van der Waals surface area contributed by atoms with Crippen molar-refractivity contribution < 1.29 is 5.11 Å². The smallest absolute Gasteiger partial charge is 0.100 e. The zero-order valence-corrected chi connectivity index (χ0v) is 13.0. The second-order valence-corrected chi connectivity index (χ2v) is 5.83. The lowest BCUT2D eigenvalue weighted by molar-refractivity contribution is 0.199. The van der Waals surface area contributed by atoms with Crippen molar-refractivity contribution in [3.63, 3.8) is 0 Å². The van der Waals surface area contributed by atoms with Gasteiger partial charge >= 0.3 is 0 Å². The minimum atomic E-state index is -0.527. The molecular formula is C17H17ClN2O. The molecule has 0 aliphatic heterocycles. The fraction of sp³-hybridized carbons (Fsp3) is 0.235. The molecule has 0 saturated heterocycles. The summed E-state index contributed by atoms with van der Waals surface area (Å²) in [6, 6.07) is 9.81. The molecule has 0 aliphatic carbocycles. The van der Waals surface area contributed by atoms with Crippen molar-refractivity contribution in [3.05, 3.63) is 58.4 Å². The first-order valence-corrected chi connectivity index (χ1v) is 7.27. The number of hydrogen-bond acceptors (Lipinski definition) is 2. The number of halogens is 1. The van der Waals surface area contributed by atoms with E-state index in [0.717, 1.165) is 22.3 Å². The van der Waals surface area contributed by atoms with Crippen LogP contribution in [0.5, 0.6) is 0 Å². The second-order valence-electron chi connectivity index (χ2n) is 5.43. The van der Waals surface area contributed by atoms with E-state index in [1.807, 2.05) is 16.7 Å². The van der Waals surface area contributed by atoms with Crippen LogP contribution in [0.1, 0.15) is 29.7 Å². The van der Waals surface area contributed by atoms with E-state index in [1.54, 1.807) is 19.3 Å². The number of fused-ring (bicyclic) bond motifs is 1. The molecule has 0 bridgehead atoms. The summed E-state index contributed by atoms with van der Waals surface area (Å²) >= 11 is 6.38. The minimum absolute atomic E-state index is 0.527. The third-order valence-electron chi connectivity index (χ3n) is 3.88. The van der Waals surface area contributed by atoms with E-state index >= 15 is 0 Å². The van der Waals surface area contributed by atoms with Crippen LogP contribution in [0.3, 0.4) is 0 Å². The van der Waals surface area contributed by atoms with E-state index in [1.165, 1.54) is 11.1 Å². The van der Waals surface area contributed by atoms with Crippen LogP contribution in [-0.2, 0) is 0 Å². The largest absolute Gasteiger partial charge is 0.389 e. The van der Waals surface area contributed by atoms with Crippen LogP contribution in [0, 0.1) is 13.8 Å². The van der Waals surface area contributed by atoms with E-state index in [9.17, 15) is 5.11 Å². The fourth-order valence-electron chi connectivity index (χ4n) is 2.43. The van der Waals surface area contributed by atoms with Gasteiger partial charge in [0.05, 0.1) is 27.8 Å². The molecular weight excluding hydrogens is 284 g/mol. The van der Waals surface area contributed by atoms with Gasteiger partial charge in [0.2, 0.25) is 0 Å². The highest BCUT2D eigenvalue weighted by Crippen LogP contribution is 2.28. The van der Waals surface area contributed by atoms with Crippen molar-refractivity contribution >= 4 is 22.6 Å². The Morgan fingerprint density at radius 3 is 2.52 bits per heavy atom. The average Bonchev–Trinajstić information content (AvgIpc) is 2.82. The first kappa shape index (κ1) is 14.1. The van der Waals surface area contributed by atoms with Gasteiger partial charge in [-0.25, -0.2) is 4.98 Å². The first-order valence-electron chi connectivity index (χ1n) is 6.89. The molecule has 3 rings (SSSR count). The zero-order valence-electron chi connectivity index (χ0n) is 12.3. The Labute approximate surface area is 128 Å². The molecule has 0 fully saturated rings. The maximum atomic E-state index is 9.63. The third kappa shape index (κ3) is 2.43. The molecule has 4 heteroatoms. The molecule has 1 aromatic heterocycles. The van der Waals surface area contributed by atoms with Crippen molar-refractivity contribution in [2.75, 3.05) is 0 Å². The monoisotopic (exact) mass is 300 g/mol. The highest BCUT2D eigenvalue weighted by molar-refractivity contribution is 6.32. The summed E-state index contributed by atoms with van der Waals surface area (Å²) in [7, 11) is 0. The number of imidazole rings is 1. The van der Waals surface area contributed by atoms with Crippen molar-refractivity contribution in [2.45, 2.75) is 26.9 Å². The number of hydrogen-bond donors (Lipinski definition) is 1. The Hall–Kier alpha value is -1.84. The number of aryl methyl sites for hydroxylation is 2. The van der Waals surface area contributed by atoms with Gasteiger partial charge in [-0.2, -0.15) is 0 Å². The topological polar surface area (TPSA) is 38.0 Å². The van der Waals surface area contributed by atoms with Crippen molar-refractivity contribution in [2.24, 2.45) is 0 Å². The minimum Gasteiger partial charge on any atom is -0.389 e. The lowest BCUT2D eigenvalue weighted by Gasteiger charge is -2.11. The van der Waals surface area contributed by atoms with Gasteiger partial charge in [-0.3, -0.25) is 4.57 Å². The maximum Gasteiger partial charge on any atom is 0.100 e. The maximum absolute atomic E-state index is 9.63. The van der Waals surface area contributed by atoms with Gasteiger partial charge in [0.25, 0.3) is 0 Å². The third-order valence-corrected chi connectivity index (χ3v) is 4.18. The highest BCUT2D eigenvalue weighted by Gasteiger charge is 2.11. The Balaban J connectivity index is 2.19. The molecule has 0 radical (unpaired) electrons. The number of nitrogens with zero attached hydrogens (tertiary/aromatic N) is 2. The molecule has 108 valence electrons. The van der Waals surface area contributed by atoms with E-state index in [2.05, 4.69) is 31.0 Å².